The number of aromatic nitrogens is 3. The third-order valence-corrected chi connectivity index (χ3v) is 4.98. The van der Waals surface area contributed by atoms with Crippen LogP contribution < -0.4 is 5.32 Å². The minimum absolute atomic E-state index is 0.000265. The first-order valence-corrected chi connectivity index (χ1v) is 9.57. The Bertz CT molecular complexity index is 702. The second kappa shape index (κ2) is 9.22. The number of hydrogen-bond acceptors (Lipinski definition) is 5. The summed E-state index contributed by atoms with van der Waals surface area (Å²) < 4.78 is 1.98. The van der Waals surface area contributed by atoms with Gasteiger partial charge in [0.05, 0.1) is 11.8 Å². The molecule has 0 aliphatic carbocycles. The number of hydrogen-bond donors (Lipinski definition) is 1. The summed E-state index contributed by atoms with van der Waals surface area (Å²) in [5, 5.41) is 12.9. The van der Waals surface area contributed by atoms with Crippen molar-refractivity contribution in [1.82, 2.24) is 25.0 Å². The molecule has 6 nitrogen and oxygen atoms in total. The summed E-state index contributed by atoms with van der Waals surface area (Å²) in [6, 6.07) is 7.61. The normalized spacial score (nSPS) is 12.4. The van der Waals surface area contributed by atoms with E-state index in [4.69, 9.17) is 11.6 Å². The van der Waals surface area contributed by atoms with Crippen LogP contribution in [0, 0.1) is 0 Å². The average Bonchev–Trinajstić information content (AvgIpc) is 3.01. The summed E-state index contributed by atoms with van der Waals surface area (Å²) in [4.78, 5) is 14.0. The van der Waals surface area contributed by atoms with Crippen molar-refractivity contribution in [3.05, 3.63) is 35.1 Å². The van der Waals surface area contributed by atoms with E-state index in [1.165, 1.54) is 11.8 Å². The second-order valence-corrected chi connectivity index (χ2v) is 7.31. The summed E-state index contributed by atoms with van der Waals surface area (Å²) in [6.07, 6.45) is 0.919. The van der Waals surface area contributed by atoms with E-state index in [-0.39, 0.29) is 11.9 Å². The van der Waals surface area contributed by atoms with Crippen molar-refractivity contribution in [2.75, 3.05) is 26.4 Å². The number of carbonyl (C=O) groups is 1. The van der Waals surface area contributed by atoms with E-state index in [0.29, 0.717) is 22.5 Å². The van der Waals surface area contributed by atoms with Gasteiger partial charge >= 0.3 is 0 Å². The Hall–Kier alpha value is -1.57. The molecule has 0 bridgehead atoms. The van der Waals surface area contributed by atoms with E-state index in [1.54, 1.807) is 0 Å². The van der Waals surface area contributed by atoms with Crippen LogP contribution in [-0.4, -0.2) is 52.0 Å². The topological polar surface area (TPSA) is 63.1 Å². The Morgan fingerprint density at radius 1 is 1.32 bits per heavy atom. The van der Waals surface area contributed by atoms with E-state index in [9.17, 15) is 4.79 Å². The van der Waals surface area contributed by atoms with Crippen LogP contribution in [0.1, 0.15) is 32.1 Å². The Morgan fingerprint density at radius 2 is 2.00 bits per heavy atom. The molecule has 8 heteroatoms. The third-order valence-electron chi connectivity index (χ3n) is 3.80. The number of nitrogens with one attached hydrogen (secondary N) is 1. The molecule has 0 saturated carbocycles. The zero-order chi connectivity index (χ0) is 18.4. The molecule has 0 aliphatic heterocycles. The third kappa shape index (κ3) is 5.20. The van der Waals surface area contributed by atoms with Crippen molar-refractivity contribution >= 4 is 29.3 Å². The molecule has 1 heterocycles. The smallest absolute Gasteiger partial charge is 0.230 e. The average molecular weight is 382 g/mol. The van der Waals surface area contributed by atoms with E-state index < -0.39 is 0 Å². The van der Waals surface area contributed by atoms with E-state index in [0.717, 1.165) is 17.9 Å². The fourth-order valence-corrected chi connectivity index (χ4v) is 3.07. The molecule has 0 saturated heterocycles. The summed E-state index contributed by atoms with van der Waals surface area (Å²) in [5.74, 6) is 1.13. The largest absolute Gasteiger partial charge is 0.355 e. The van der Waals surface area contributed by atoms with Crippen LogP contribution >= 0.6 is 23.4 Å². The van der Waals surface area contributed by atoms with Crippen LogP contribution in [-0.2, 0) is 4.79 Å². The van der Waals surface area contributed by atoms with Crippen molar-refractivity contribution in [3.8, 4) is 5.69 Å². The van der Waals surface area contributed by atoms with Crippen molar-refractivity contribution < 1.29 is 4.79 Å². The SMILES string of the molecule is CCCNC(=O)CSc1nnc(C(C)N(C)C)n1-c1ccc(Cl)cc1. The first-order valence-electron chi connectivity index (χ1n) is 8.21. The monoisotopic (exact) mass is 381 g/mol. The van der Waals surface area contributed by atoms with Crippen LogP contribution in [0.25, 0.3) is 5.69 Å². The molecule has 1 aromatic carbocycles. The molecule has 0 fully saturated rings. The molecule has 0 aliphatic rings. The van der Waals surface area contributed by atoms with Gasteiger partial charge in [0.25, 0.3) is 0 Å². The number of halogens is 1. The van der Waals surface area contributed by atoms with Gasteiger partial charge in [-0.25, -0.2) is 0 Å². The van der Waals surface area contributed by atoms with Gasteiger partial charge in [0.2, 0.25) is 5.91 Å². The van der Waals surface area contributed by atoms with Crippen LogP contribution in [0.2, 0.25) is 5.02 Å². The minimum atomic E-state index is -0.000265. The Kier molecular flexibility index (Phi) is 7.28. The summed E-state index contributed by atoms with van der Waals surface area (Å²) in [7, 11) is 3.99. The number of amides is 1. The van der Waals surface area contributed by atoms with Crippen molar-refractivity contribution in [2.45, 2.75) is 31.5 Å². The maximum Gasteiger partial charge on any atom is 0.230 e. The lowest BCUT2D eigenvalue weighted by Gasteiger charge is -2.20. The van der Waals surface area contributed by atoms with Crippen molar-refractivity contribution in [3.63, 3.8) is 0 Å². The highest BCUT2D eigenvalue weighted by Gasteiger charge is 2.21. The van der Waals surface area contributed by atoms with Gasteiger partial charge in [-0.3, -0.25) is 14.3 Å². The van der Waals surface area contributed by atoms with E-state index in [1.807, 2.05) is 49.9 Å². The van der Waals surface area contributed by atoms with Gasteiger partial charge in [-0.05, 0) is 51.7 Å². The fraction of sp³-hybridized carbons (Fsp3) is 0.471. The first-order chi connectivity index (χ1) is 11.9. The minimum Gasteiger partial charge on any atom is -0.355 e. The molecule has 136 valence electrons. The van der Waals surface area contributed by atoms with Crippen LogP contribution in [0.3, 0.4) is 0 Å². The van der Waals surface area contributed by atoms with Gasteiger partial charge in [-0.2, -0.15) is 0 Å². The maximum atomic E-state index is 11.9. The number of nitrogens with zero attached hydrogens (tertiary/aromatic N) is 4. The molecule has 1 unspecified atom stereocenters. The van der Waals surface area contributed by atoms with Crippen LogP contribution in [0.4, 0.5) is 0 Å². The number of thioether (sulfide) groups is 1. The van der Waals surface area contributed by atoms with E-state index in [2.05, 4.69) is 27.3 Å². The lowest BCUT2D eigenvalue weighted by molar-refractivity contribution is -0.118. The van der Waals surface area contributed by atoms with Gasteiger partial charge in [-0.1, -0.05) is 30.3 Å². The number of rotatable bonds is 8. The van der Waals surface area contributed by atoms with Crippen molar-refractivity contribution in [1.29, 1.82) is 0 Å². The standard InChI is InChI=1S/C17H24ClN5OS/c1-5-10-19-15(24)11-25-17-21-20-16(12(2)22(3)4)23(17)14-8-6-13(18)7-9-14/h6-9,12H,5,10-11H2,1-4H3,(H,19,24). The molecule has 2 rings (SSSR count). The predicted octanol–water partition coefficient (Wildman–Crippen LogP) is 3.16. The Balaban J connectivity index is 2.30. The molecule has 1 amide bonds. The van der Waals surface area contributed by atoms with Gasteiger partial charge in [0.15, 0.2) is 11.0 Å². The highest BCUT2D eigenvalue weighted by molar-refractivity contribution is 7.99. The molecule has 25 heavy (non-hydrogen) atoms. The van der Waals surface area contributed by atoms with Gasteiger partial charge in [0, 0.05) is 17.3 Å². The summed E-state index contributed by atoms with van der Waals surface area (Å²) in [6.45, 7) is 4.78. The number of carbonyl (C=O) groups excluding carboxylic acids is 1. The zero-order valence-electron chi connectivity index (χ0n) is 15.0. The van der Waals surface area contributed by atoms with Crippen LogP contribution in [0.5, 0.6) is 0 Å². The van der Waals surface area contributed by atoms with E-state index >= 15 is 0 Å². The highest BCUT2D eigenvalue weighted by Crippen LogP contribution is 2.27. The zero-order valence-corrected chi connectivity index (χ0v) is 16.6. The predicted molar refractivity (Wildman–Crippen MR) is 102 cm³/mol. The molecule has 1 N–H and O–H groups in total. The molecule has 0 radical (unpaired) electrons. The highest BCUT2D eigenvalue weighted by atomic mass is 35.5. The fourth-order valence-electron chi connectivity index (χ4n) is 2.15. The molecule has 0 spiro atoms. The summed E-state index contributed by atoms with van der Waals surface area (Å²) in [5.41, 5.74) is 0.926. The van der Waals surface area contributed by atoms with Gasteiger partial charge < -0.3 is 5.32 Å². The maximum absolute atomic E-state index is 11.9. The molecular weight excluding hydrogens is 358 g/mol. The number of benzene rings is 1. The molecule has 2 aromatic rings. The molecular formula is C17H24ClN5OS. The Morgan fingerprint density at radius 3 is 2.60 bits per heavy atom. The van der Waals surface area contributed by atoms with Crippen LogP contribution in [0.15, 0.2) is 29.4 Å². The summed E-state index contributed by atoms with van der Waals surface area (Å²) >= 11 is 7.39. The lowest BCUT2D eigenvalue weighted by Crippen LogP contribution is -2.26. The van der Waals surface area contributed by atoms with Gasteiger partial charge in [0.1, 0.15) is 0 Å². The lowest BCUT2D eigenvalue weighted by atomic mass is 10.2. The second-order valence-electron chi connectivity index (χ2n) is 5.93. The van der Waals surface area contributed by atoms with Crippen molar-refractivity contribution in [2.24, 2.45) is 0 Å². The quantitative estimate of drug-likeness (QED) is 0.711. The van der Waals surface area contributed by atoms with Gasteiger partial charge in [-0.15, -0.1) is 10.2 Å². The molecule has 1 atom stereocenters. The Labute approximate surface area is 157 Å². The first kappa shape index (κ1) is 19.8. The molecule has 1 aromatic heterocycles.